The molecule has 2 rings (SSSR count). The first-order valence-corrected chi connectivity index (χ1v) is 5.64. The standard InChI is InChI=1S/C11H13BrO3/c1-6-3-9-11(15-5-14-9)10(12)8(6)4-7(2)13/h3,7,13H,4-5H2,1-2H3. The summed E-state index contributed by atoms with van der Waals surface area (Å²) in [7, 11) is 0. The van der Waals surface area contributed by atoms with Crippen molar-refractivity contribution in [1.29, 1.82) is 0 Å². The van der Waals surface area contributed by atoms with E-state index >= 15 is 0 Å². The summed E-state index contributed by atoms with van der Waals surface area (Å²) in [5.41, 5.74) is 2.18. The number of rotatable bonds is 2. The maximum Gasteiger partial charge on any atom is 0.231 e. The molecule has 0 saturated carbocycles. The lowest BCUT2D eigenvalue weighted by molar-refractivity contribution is 0.173. The predicted molar refractivity (Wildman–Crippen MR) is 60.4 cm³/mol. The monoisotopic (exact) mass is 272 g/mol. The summed E-state index contributed by atoms with van der Waals surface area (Å²) in [6.45, 7) is 4.05. The highest BCUT2D eigenvalue weighted by atomic mass is 79.9. The fraction of sp³-hybridized carbons (Fsp3) is 0.455. The maximum absolute atomic E-state index is 9.41. The van der Waals surface area contributed by atoms with E-state index in [2.05, 4.69) is 15.9 Å². The Morgan fingerprint density at radius 2 is 2.27 bits per heavy atom. The van der Waals surface area contributed by atoms with E-state index in [1.807, 2.05) is 13.0 Å². The van der Waals surface area contributed by atoms with E-state index in [9.17, 15) is 5.11 Å². The smallest absolute Gasteiger partial charge is 0.231 e. The van der Waals surface area contributed by atoms with Crippen LogP contribution in [0.25, 0.3) is 0 Å². The lowest BCUT2D eigenvalue weighted by Gasteiger charge is -2.12. The number of halogens is 1. The van der Waals surface area contributed by atoms with Crippen LogP contribution in [-0.4, -0.2) is 18.0 Å². The van der Waals surface area contributed by atoms with Crippen LogP contribution in [0.3, 0.4) is 0 Å². The Balaban J connectivity index is 2.46. The molecular formula is C11H13BrO3. The van der Waals surface area contributed by atoms with Gasteiger partial charge in [-0.2, -0.15) is 0 Å². The van der Waals surface area contributed by atoms with Crippen LogP contribution >= 0.6 is 15.9 Å². The van der Waals surface area contributed by atoms with Crippen LogP contribution < -0.4 is 9.47 Å². The van der Waals surface area contributed by atoms with Gasteiger partial charge in [0.05, 0.1) is 10.6 Å². The van der Waals surface area contributed by atoms with E-state index in [0.717, 1.165) is 27.1 Å². The first kappa shape index (κ1) is 10.8. The minimum atomic E-state index is -0.361. The molecule has 0 saturated heterocycles. The Morgan fingerprint density at radius 3 is 2.93 bits per heavy atom. The van der Waals surface area contributed by atoms with Gasteiger partial charge in [-0.25, -0.2) is 0 Å². The minimum absolute atomic E-state index is 0.269. The fourth-order valence-electron chi connectivity index (χ4n) is 1.71. The van der Waals surface area contributed by atoms with Crippen molar-refractivity contribution in [3.05, 3.63) is 21.7 Å². The summed E-state index contributed by atoms with van der Waals surface area (Å²) >= 11 is 3.50. The third-order valence-corrected chi connectivity index (χ3v) is 3.27. The number of hydrogen-bond acceptors (Lipinski definition) is 3. The Kier molecular flexibility index (Phi) is 2.89. The summed E-state index contributed by atoms with van der Waals surface area (Å²) in [5.74, 6) is 1.52. The number of aliphatic hydroxyl groups is 1. The Hall–Kier alpha value is -0.740. The Bertz CT molecular complexity index is 388. The molecule has 82 valence electrons. The minimum Gasteiger partial charge on any atom is -0.454 e. The van der Waals surface area contributed by atoms with Gasteiger partial charge in [0, 0.05) is 0 Å². The van der Waals surface area contributed by atoms with Crippen molar-refractivity contribution in [2.75, 3.05) is 6.79 Å². The van der Waals surface area contributed by atoms with Gasteiger partial charge < -0.3 is 14.6 Å². The molecule has 0 aliphatic carbocycles. The van der Waals surface area contributed by atoms with E-state index in [0.29, 0.717) is 6.42 Å². The molecule has 0 fully saturated rings. The third kappa shape index (κ3) is 1.96. The molecule has 1 aromatic rings. The molecule has 1 heterocycles. The molecular weight excluding hydrogens is 260 g/mol. The molecule has 0 aromatic heterocycles. The van der Waals surface area contributed by atoms with Crippen LogP contribution in [-0.2, 0) is 6.42 Å². The number of hydrogen-bond donors (Lipinski definition) is 1. The van der Waals surface area contributed by atoms with E-state index in [1.165, 1.54) is 0 Å². The third-order valence-electron chi connectivity index (χ3n) is 2.43. The average molecular weight is 273 g/mol. The molecule has 1 atom stereocenters. The van der Waals surface area contributed by atoms with Gasteiger partial charge in [-0.1, -0.05) is 0 Å². The van der Waals surface area contributed by atoms with Gasteiger partial charge >= 0.3 is 0 Å². The van der Waals surface area contributed by atoms with Crippen molar-refractivity contribution in [3.8, 4) is 11.5 Å². The highest BCUT2D eigenvalue weighted by Gasteiger charge is 2.21. The SMILES string of the molecule is Cc1cc2c(c(Br)c1CC(C)O)OCO2. The van der Waals surface area contributed by atoms with Gasteiger partial charge in [0.15, 0.2) is 11.5 Å². The summed E-state index contributed by atoms with van der Waals surface area (Å²) in [6.07, 6.45) is 0.253. The van der Waals surface area contributed by atoms with E-state index in [4.69, 9.17) is 9.47 Å². The van der Waals surface area contributed by atoms with Gasteiger partial charge in [0.2, 0.25) is 6.79 Å². The van der Waals surface area contributed by atoms with Crippen LogP contribution in [0.5, 0.6) is 11.5 Å². The van der Waals surface area contributed by atoms with Crippen molar-refractivity contribution in [1.82, 2.24) is 0 Å². The quantitative estimate of drug-likeness (QED) is 0.899. The van der Waals surface area contributed by atoms with Gasteiger partial charge in [-0.05, 0) is 53.4 Å². The lowest BCUT2D eigenvalue weighted by Crippen LogP contribution is -2.06. The van der Waals surface area contributed by atoms with Crippen LogP contribution in [0.15, 0.2) is 10.5 Å². The second kappa shape index (κ2) is 4.02. The molecule has 1 unspecified atom stereocenters. The predicted octanol–water partition coefficient (Wildman–Crippen LogP) is 2.41. The fourth-order valence-corrected chi connectivity index (χ4v) is 2.49. The Labute approximate surface area is 97.1 Å². The van der Waals surface area contributed by atoms with Crippen molar-refractivity contribution in [2.45, 2.75) is 26.4 Å². The summed E-state index contributed by atoms with van der Waals surface area (Å²) < 4.78 is 11.6. The normalized spacial score (nSPS) is 15.5. The van der Waals surface area contributed by atoms with Gasteiger partial charge in [0.1, 0.15) is 0 Å². The van der Waals surface area contributed by atoms with Crippen LogP contribution in [0.4, 0.5) is 0 Å². The zero-order valence-corrected chi connectivity index (χ0v) is 10.3. The van der Waals surface area contributed by atoms with Gasteiger partial charge in [-0.15, -0.1) is 0 Å². The summed E-state index contributed by atoms with van der Waals surface area (Å²) in [5, 5.41) is 9.41. The van der Waals surface area contributed by atoms with Crippen molar-refractivity contribution < 1.29 is 14.6 Å². The molecule has 1 aliphatic heterocycles. The second-order valence-electron chi connectivity index (χ2n) is 3.77. The maximum atomic E-state index is 9.41. The summed E-state index contributed by atoms with van der Waals surface area (Å²) in [4.78, 5) is 0. The molecule has 1 aliphatic rings. The zero-order valence-electron chi connectivity index (χ0n) is 8.71. The Morgan fingerprint density at radius 1 is 1.53 bits per heavy atom. The molecule has 4 heteroatoms. The highest BCUT2D eigenvalue weighted by molar-refractivity contribution is 9.10. The number of fused-ring (bicyclic) bond motifs is 1. The number of benzene rings is 1. The highest BCUT2D eigenvalue weighted by Crippen LogP contribution is 2.43. The van der Waals surface area contributed by atoms with E-state index in [1.54, 1.807) is 6.92 Å². The summed E-state index contributed by atoms with van der Waals surface area (Å²) in [6, 6.07) is 1.95. The first-order chi connectivity index (χ1) is 7.09. The van der Waals surface area contributed by atoms with E-state index < -0.39 is 0 Å². The number of aliphatic hydroxyl groups excluding tert-OH is 1. The molecule has 1 aromatic carbocycles. The zero-order chi connectivity index (χ0) is 11.0. The molecule has 3 nitrogen and oxygen atoms in total. The lowest BCUT2D eigenvalue weighted by atomic mass is 10.0. The molecule has 0 bridgehead atoms. The van der Waals surface area contributed by atoms with Crippen molar-refractivity contribution >= 4 is 15.9 Å². The van der Waals surface area contributed by atoms with Crippen molar-refractivity contribution in [3.63, 3.8) is 0 Å². The molecule has 15 heavy (non-hydrogen) atoms. The van der Waals surface area contributed by atoms with Crippen LogP contribution in [0.1, 0.15) is 18.1 Å². The van der Waals surface area contributed by atoms with E-state index in [-0.39, 0.29) is 12.9 Å². The second-order valence-corrected chi connectivity index (χ2v) is 4.57. The molecule has 0 amide bonds. The molecule has 1 N–H and O–H groups in total. The topological polar surface area (TPSA) is 38.7 Å². The largest absolute Gasteiger partial charge is 0.454 e. The molecule has 0 radical (unpaired) electrons. The van der Waals surface area contributed by atoms with Gasteiger partial charge in [-0.3, -0.25) is 0 Å². The number of ether oxygens (including phenoxy) is 2. The van der Waals surface area contributed by atoms with Crippen molar-refractivity contribution in [2.24, 2.45) is 0 Å². The van der Waals surface area contributed by atoms with Crippen LogP contribution in [0.2, 0.25) is 0 Å². The molecule has 0 spiro atoms. The number of aryl methyl sites for hydroxylation is 1. The van der Waals surface area contributed by atoms with Crippen LogP contribution in [0, 0.1) is 6.92 Å². The average Bonchev–Trinajstić information content (AvgIpc) is 2.59. The van der Waals surface area contributed by atoms with Gasteiger partial charge in [0.25, 0.3) is 0 Å². The first-order valence-electron chi connectivity index (χ1n) is 4.85.